The summed E-state index contributed by atoms with van der Waals surface area (Å²) in [6.07, 6.45) is -1.24. The number of aliphatic hydroxyl groups excluding tert-OH is 1. The average Bonchev–Trinajstić information content (AvgIpc) is 2.38. The smallest absolute Gasteiger partial charge is 0.132 e. The van der Waals surface area contributed by atoms with Gasteiger partial charge in [0.25, 0.3) is 0 Å². The first kappa shape index (κ1) is 14.5. The Morgan fingerprint density at radius 1 is 1.00 bits per heavy atom. The first-order valence-corrected chi connectivity index (χ1v) is 6.42. The SMILES string of the molecule is Cc1cccc(C)c1NCC(O)c1c(F)cccc1F. The van der Waals surface area contributed by atoms with Crippen LogP contribution in [0.3, 0.4) is 0 Å². The van der Waals surface area contributed by atoms with Gasteiger partial charge in [-0.2, -0.15) is 0 Å². The Balaban J connectivity index is 2.15. The lowest BCUT2D eigenvalue weighted by Crippen LogP contribution is -2.16. The Morgan fingerprint density at radius 3 is 2.05 bits per heavy atom. The van der Waals surface area contributed by atoms with E-state index in [0.29, 0.717) is 0 Å². The zero-order valence-electron chi connectivity index (χ0n) is 11.5. The zero-order chi connectivity index (χ0) is 14.7. The summed E-state index contributed by atoms with van der Waals surface area (Å²) in [6.45, 7) is 3.92. The quantitative estimate of drug-likeness (QED) is 0.892. The van der Waals surface area contributed by atoms with Crippen molar-refractivity contribution in [3.05, 3.63) is 64.7 Å². The number of hydrogen-bond acceptors (Lipinski definition) is 2. The summed E-state index contributed by atoms with van der Waals surface area (Å²) < 4.78 is 27.1. The number of anilines is 1. The summed E-state index contributed by atoms with van der Waals surface area (Å²) in [5.41, 5.74) is 2.62. The van der Waals surface area contributed by atoms with E-state index in [0.717, 1.165) is 28.9 Å². The minimum absolute atomic E-state index is 0.0452. The molecule has 1 atom stereocenters. The van der Waals surface area contributed by atoms with Crippen LogP contribution in [0, 0.1) is 25.5 Å². The zero-order valence-corrected chi connectivity index (χ0v) is 11.5. The summed E-state index contributed by atoms with van der Waals surface area (Å²) in [4.78, 5) is 0. The summed E-state index contributed by atoms with van der Waals surface area (Å²) >= 11 is 0. The van der Waals surface area contributed by atoms with Crippen LogP contribution in [0.1, 0.15) is 22.8 Å². The van der Waals surface area contributed by atoms with Gasteiger partial charge in [0.1, 0.15) is 17.7 Å². The molecule has 20 heavy (non-hydrogen) atoms. The normalized spacial score (nSPS) is 12.2. The van der Waals surface area contributed by atoms with Crippen LogP contribution in [0.5, 0.6) is 0 Å². The van der Waals surface area contributed by atoms with Crippen molar-refractivity contribution in [1.82, 2.24) is 0 Å². The third-order valence-electron chi connectivity index (χ3n) is 3.29. The average molecular weight is 277 g/mol. The van der Waals surface area contributed by atoms with Crippen LogP contribution in [0.15, 0.2) is 36.4 Å². The minimum atomic E-state index is -1.24. The van der Waals surface area contributed by atoms with Crippen LogP contribution >= 0.6 is 0 Å². The Bertz CT molecular complexity index is 573. The number of aliphatic hydroxyl groups is 1. The molecular formula is C16H17F2NO. The number of rotatable bonds is 4. The van der Waals surface area contributed by atoms with Gasteiger partial charge in [0.05, 0.1) is 5.56 Å². The molecule has 0 aromatic heterocycles. The largest absolute Gasteiger partial charge is 0.386 e. The van der Waals surface area contributed by atoms with E-state index in [2.05, 4.69) is 5.32 Å². The van der Waals surface area contributed by atoms with Crippen LogP contribution in [0.4, 0.5) is 14.5 Å². The van der Waals surface area contributed by atoms with Gasteiger partial charge in [0.2, 0.25) is 0 Å². The van der Waals surface area contributed by atoms with Crippen LogP contribution in [-0.4, -0.2) is 11.7 Å². The molecular weight excluding hydrogens is 260 g/mol. The van der Waals surface area contributed by atoms with Crippen molar-refractivity contribution in [1.29, 1.82) is 0 Å². The lowest BCUT2D eigenvalue weighted by Gasteiger charge is -2.17. The summed E-state index contributed by atoms with van der Waals surface area (Å²) in [5.74, 6) is -1.47. The Hall–Kier alpha value is -1.94. The first-order chi connectivity index (χ1) is 9.50. The van der Waals surface area contributed by atoms with E-state index in [4.69, 9.17) is 0 Å². The molecule has 106 valence electrons. The van der Waals surface area contributed by atoms with Crippen molar-refractivity contribution < 1.29 is 13.9 Å². The molecule has 2 aromatic carbocycles. The van der Waals surface area contributed by atoms with E-state index in [-0.39, 0.29) is 12.1 Å². The number of aryl methyl sites for hydroxylation is 2. The van der Waals surface area contributed by atoms with E-state index in [9.17, 15) is 13.9 Å². The van der Waals surface area contributed by atoms with Crippen LogP contribution < -0.4 is 5.32 Å². The lowest BCUT2D eigenvalue weighted by atomic mass is 10.1. The predicted octanol–water partition coefficient (Wildman–Crippen LogP) is 3.73. The Labute approximate surface area is 117 Å². The molecule has 0 bridgehead atoms. The van der Waals surface area contributed by atoms with Crippen molar-refractivity contribution in [2.45, 2.75) is 20.0 Å². The second-order valence-corrected chi connectivity index (χ2v) is 4.80. The summed E-state index contributed by atoms with van der Waals surface area (Å²) in [5, 5.41) is 13.0. The maximum atomic E-state index is 13.6. The molecule has 2 nitrogen and oxygen atoms in total. The number of benzene rings is 2. The number of hydrogen-bond donors (Lipinski definition) is 2. The van der Waals surface area contributed by atoms with Gasteiger partial charge in [0.15, 0.2) is 0 Å². The molecule has 0 aliphatic heterocycles. The highest BCUT2D eigenvalue weighted by atomic mass is 19.1. The fraction of sp³-hybridized carbons (Fsp3) is 0.250. The Morgan fingerprint density at radius 2 is 1.50 bits per heavy atom. The van der Waals surface area contributed by atoms with Gasteiger partial charge in [-0.3, -0.25) is 0 Å². The lowest BCUT2D eigenvalue weighted by molar-refractivity contribution is 0.181. The van der Waals surface area contributed by atoms with Gasteiger partial charge in [0, 0.05) is 12.2 Å². The summed E-state index contributed by atoms with van der Waals surface area (Å²) in [7, 11) is 0. The van der Waals surface area contributed by atoms with Crippen molar-refractivity contribution in [2.75, 3.05) is 11.9 Å². The topological polar surface area (TPSA) is 32.3 Å². The molecule has 2 rings (SSSR count). The molecule has 0 heterocycles. The van der Waals surface area contributed by atoms with Gasteiger partial charge in [-0.1, -0.05) is 24.3 Å². The van der Waals surface area contributed by atoms with E-state index in [1.165, 1.54) is 6.07 Å². The third kappa shape index (κ3) is 2.96. The fourth-order valence-electron chi connectivity index (χ4n) is 2.22. The molecule has 0 fully saturated rings. The molecule has 0 saturated heterocycles. The van der Waals surface area contributed by atoms with Crippen LogP contribution in [-0.2, 0) is 0 Å². The van der Waals surface area contributed by atoms with E-state index in [1.807, 2.05) is 32.0 Å². The van der Waals surface area contributed by atoms with Crippen molar-refractivity contribution in [3.8, 4) is 0 Å². The fourth-order valence-corrected chi connectivity index (χ4v) is 2.22. The predicted molar refractivity (Wildman–Crippen MR) is 75.7 cm³/mol. The van der Waals surface area contributed by atoms with Gasteiger partial charge < -0.3 is 10.4 Å². The summed E-state index contributed by atoms with van der Waals surface area (Å²) in [6, 6.07) is 9.36. The second-order valence-electron chi connectivity index (χ2n) is 4.80. The highest BCUT2D eigenvalue weighted by molar-refractivity contribution is 5.56. The molecule has 1 unspecified atom stereocenters. The Kier molecular flexibility index (Phi) is 4.35. The van der Waals surface area contributed by atoms with Gasteiger partial charge in [-0.15, -0.1) is 0 Å². The standard InChI is InChI=1S/C16H17F2NO/c1-10-5-3-6-11(2)16(10)19-9-14(20)15-12(17)7-4-8-13(15)18/h3-8,14,19-20H,9H2,1-2H3. The van der Waals surface area contributed by atoms with Gasteiger partial charge in [-0.25, -0.2) is 8.78 Å². The molecule has 4 heteroatoms. The first-order valence-electron chi connectivity index (χ1n) is 6.42. The second kappa shape index (κ2) is 6.01. The molecule has 2 N–H and O–H groups in total. The van der Waals surface area contributed by atoms with Crippen LogP contribution in [0.2, 0.25) is 0 Å². The number of nitrogens with one attached hydrogen (secondary N) is 1. The molecule has 2 aromatic rings. The van der Waals surface area contributed by atoms with Crippen molar-refractivity contribution in [2.24, 2.45) is 0 Å². The highest BCUT2D eigenvalue weighted by Gasteiger charge is 2.17. The molecule has 0 spiro atoms. The van der Waals surface area contributed by atoms with Gasteiger partial charge >= 0.3 is 0 Å². The van der Waals surface area contributed by atoms with Crippen molar-refractivity contribution >= 4 is 5.69 Å². The van der Waals surface area contributed by atoms with E-state index < -0.39 is 17.7 Å². The minimum Gasteiger partial charge on any atom is -0.386 e. The molecule has 0 aliphatic carbocycles. The van der Waals surface area contributed by atoms with Gasteiger partial charge in [-0.05, 0) is 37.1 Å². The van der Waals surface area contributed by atoms with Crippen molar-refractivity contribution in [3.63, 3.8) is 0 Å². The number of para-hydroxylation sites is 1. The molecule has 0 amide bonds. The molecule has 0 aliphatic rings. The molecule has 0 radical (unpaired) electrons. The van der Waals surface area contributed by atoms with Crippen LogP contribution in [0.25, 0.3) is 0 Å². The maximum Gasteiger partial charge on any atom is 0.132 e. The third-order valence-corrected chi connectivity index (χ3v) is 3.29. The highest BCUT2D eigenvalue weighted by Crippen LogP contribution is 2.24. The maximum absolute atomic E-state index is 13.6. The van der Waals surface area contributed by atoms with E-state index in [1.54, 1.807) is 0 Å². The van der Waals surface area contributed by atoms with E-state index >= 15 is 0 Å². The molecule has 0 saturated carbocycles. The monoisotopic (exact) mass is 277 g/mol. The number of halogens is 2.